The molecule has 0 aliphatic carbocycles. The highest BCUT2D eigenvalue weighted by Crippen LogP contribution is 1.94. The van der Waals surface area contributed by atoms with Crippen molar-refractivity contribution in [2.75, 3.05) is 0 Å². The van der Waals surface area contributed by atoms with Crippen molar-refractivity contribution in [2.24, 2.45) is 0 Å². The lowest BCUT2D eigenvalue weighted by Crippen LogP contribution is -2.69. The monoisotopic (exact) mass is 145 g/mol. The first-order chi connectivity index (χ1) is 5.91. The van der Waals surface area contributed by atoms with Crippen LogP contribution >= 0.6 is 0 Å². The van der Waals surface area contributed by atoms with Crippen LogP contribution in [0.4, 0.5) is 0 Å². The minimum absolute atomic E-state index is 0.167. The lowest BCUT2D eigenvalue weighted by atomic mass is 8.50. The second-order valence-corrected chi connectivity index (χ2v) is 3.21. The molecule has 0 aromatic heterocycles. The maximum Gasteiger partial charge on any atom is 0.0322 e. The van der Waals surface area contributed by atoms with Crippen molar-refractivity contribution in [3.05, 3.63) is 0 Å². The van der Waals surface area contributed by atoms with Crippen LogP contribution < -0.4 is 0 Å². The van der Waals surface area contributed by atoms with Crippen molar-refractivity contribution >= 4 is 93.1 Å². The smallest absolute Gasteiger partial charge is 0.00000000352 e. The van der Waals surface area contributed by atoms with E-state index in [1.165, 1.54) is 0 Å². The molecule has 0 atom stereocenters. The Labute approximate surface area is 93.3 Å². The molecular weight excluding hydrogens is 141 g/mol. The minimum atomic E-state index is -0.615. The van der Waals surface area contributed by atoms with Gasteiger partial charge in [0, 0.05) is 93.1 Å². The Hall–Kier alpha value is 0.844. The zero-order valence-electron chi connectivity index (χ0n) is 7.77. The van der Waals surface area contributed by atoms with Crippen LogP contribution in [-0.2, 0) is 0 Å². The minimum Gasteiger partial charge on any atom is 0.00000000352 e. The maximum atomic E-state index is 5.62. The van der Waals surface area contributed by atoms with Crippen molar-refractivity contribution in [2.45, 2.75) is 0 Å². The first kappa shape index (κ1) is 13.8. The van der Waals surface area contributed by atoms with Crippen LogP contribution in [-0.4, -0.2) is 93.1 Å². The molecule has 0 aromatic carbocycles. The zero-order chi connectivity index (χ0) is 10.6. The summed E-state index contributed by atoms with van der Waals surface area (Å²) in [6.07, 6.45) is -2.05. The van der Waals surface area contributed by atoms with E-state index in [-0.39, 0.29) is 19.2 Å². The second kappa shape index (κ2) is 6.35. The first-order valence-electron chi connectivity index (χ1n) is 4.15. The van der Waals surface area contributed by atoms with E-state index in [2.05, 4.69) is 15.5 Å². The molecule has 0 spiro atoms. The van der Waals surface area contributed by atoms with Gasteiger partial charge in [-0.1, -0.05) is 0 Å². The molecule has 0 N–H and O–H groups in total. The van der Waals surface area contributed by atoms with Crippen molar-refractivity contribution in [3.63, 3.8) is 0 Å². The Balaban J connectivity index is 4.49. The van der Waals surface area contributed by atoms with E-state index >= 15 is 0 Å². The molecule has 0 unspecified atom stereocenters. The van der Waals surface area contributed by atoms with E-state index < -0.39 is 12.8 Å². The summed E-state index contributed by atoms with van der Waals surface area (Å²) in [6.45, 7) is 0. The van der Waals surface area contributed by atoms with Crippen LogP contribution in [0.1, 0.15) is 0 Å². The summed E-state index contributed by atoms with van der Waals surface area (Å²) in [5.74, 6) is 0. The SMILES string of the molecule is [B]B([B])B(B([B])[B])B([B][BH])B([B])[BH]. The van der Waals surface area contributed by atoms with Gasteiger partial charge in [0.25, 0.3) is 0 Å². The molecular formula is H2B13. The fourth-order valence-electron chi connectivity index (χ4n) is 1.39. The van der Waals surface area contributed by atoms with Crippen LogP contribution in [0, 0.1) is 0 Å². The largest absolute Gasteiger partial charge is 0.0322 e. The Morgan fingerprint density at radius 3 is 1.38 bits per heavy atom. The second-order valence-electron chi connectivity index (χ2n) is 3.21. The van der Waals surface area contributed by atoms with Crippen molar-refractivity contribution in [1.82, 2.24) is 0 Å². The molecule has 0 bridgehead atoms. The molecule has 0 amide bonds. The van der Waals surface area contributed by atoms with Gasteiger partial charge in [-0.2, -0.15) is 0 Å². The summed E-state index contributed by atoms with van der Waals surface area (Å²) in [6, 6.07) is 0. The van der Waals surface area contributed by atoms with E-state index in [0.29, 0.717) is 0 Å². The Morgan fingerprint density at radius 2 is 1.31 bits per heavy atom. The topological polar surface area (TPSA) is 0 Å². The molecule has 0 rings (SSSR count). The zero-order valence-corrected chi connectivity index (χ0v) is 7.77. The van der Waals surface area contributed by atoms with E-state index in [0.717, 1.165) is 0 Å². The molecule has 0 aliphatic rings. The van der Waals surface area contributed by atoms with E-state index in [9.17, 15) is 0 Å². The van der Waals surface area contributed by atoms with Gasteiger partial charge < -0.3 is 0 Å². The van der Waals surface area contributed by atoms with Gasteiger partial charge >= 0.3 is 0 Å². The highest BCUT2D eigenvalue weighted by atomic mass is 13.1. The molecule has 13 heavy (non-hydrogen) atoms. The Morgan fingerprint density at radius 1 is 0.923 bits per heavy atom. The van der Waals surface area contributed by atoms with Crippen molar-refractivity contribution in [1.29, 1.82) is 0 Å². The third-order valence-electron chi connectivity index (χ3n) is 2.10. The summed E-state index contributed by atoms with van der Waals surface area (Å²) in [4.78, 5) is 0. The molecule has 0 heterocycles. The fourth-order valence-corrected chi connectivity index (χ4v) is 1.39. The van der Waals surface area contributed by atoms with Gasteiger partial charge in [-0.05, 0) is 0 Å². The summed E-state index contributed by atoms with van der Waals surface area (Å²) in [5, 5.41) is 0. The summed E-state index contributed by atoms with van der Waals surface area (Å²) >= 11 is 0. The molecule has 0 saturated carbocycles. The first-order valence-corrected chi connectivity index (χ1v) is 4.15. The van der Waals surface area contributed by atoms with Gasteiger partial charge in [-0.15, -0.1) is 0 Å². The quantitative estimate of drug-likeness (QED) is 0.336. The van der Waals surface area contributed by atoms with Gasteiger partial charge in [-0.3, -0.25) is 0 Å². The molecule has 0 saturated heterocycles. The van der Waals surface area contributed by atoms with Crippen LogP contribution in [0.5, 0.6) is 0 Å². The van der Waals surface area contributed by atoms with Gasteiger partial charge in [-0.25, -0.2) is 0 Å². The molecule has 13 heteroatoms. The van der Waals surface area contributed by atoms with Crippen LogP contribution in [0.15, 0.2) is 0 Å². The van der Waals surface area contributed by atoms with Crippen LogP contribution in [0.2, 0.25) is 0 Å². The van der Waals surface area contributed by atoms with E-state index in [1.807, 2.05) is 0 Å². The van der Waals surface area contributed by atoms with Crippen LogP contribution in [0.3, 0.4) is 0 Å². The average Bonchev–Trinajstić information content (AvgIpc) is 1.97. The molecule has 13 radical (unpaired) electrons. The number of hydrogen-bond donors (Lipinski definition) is 0. The molecule has 41 valence electrons. The van der Waals surface area contributed by atoms with Crippen molar-refractivity contribution in [3.8, 4) is 0 Å². The van der Waals surface area contributed by atoms with E-state index in [1.54, 1.807) is 7.06 Å². The Kier molecular flexibility index (Phi) is 6.76. The normalized spacial score (nSPS) is 8.62. The highest BCUT2D eigenvalue weighted by molar-refractivity contribution is 8.07. The third kappa shape index (κ3) is 4.25. The predicted octanol–water partition coefficient (Wildman–Crippen LogP) is -5.49. The highest BCUT2D eigenvalue weighted by Gasteiger charge is 2.32. The molecule has 0 aromatic rings. The van der Waals surface area contributed by atoms with Crippen molar-refractivity contribution < 1.29 is 0 Å². The molecule has 0 aliphatic heterocycles. The standard InChI is InChI=1S/B13H2/c1-8-12(9(2)3)13(10(4)5)11(6)7/h1-2H. The van der Waals surface area contributed by atoms with Crippen LogP contribution in [0.25, 0.3) is 0 Å². The van der Waals surface area contributed by atoms with Gasteiger partial charge in [0.15, 0.2) is 0 Å². The third-order valence-corrected chi connectivity index (χ3v) is 2.10. The predicted molar refractivity (Wildman–Crippen MR) is 77.6 cm³/mol. The summed E-state index contributed by atoms with van der Waals surface area (Å²) < 4.78 is 0. The number of hydrogen-bond acceptors (Lipinski definition) is 0. The summed E-state index contributed by atoms with van der Waals surface area (Å²) in [7, 11) is 36.7. The fraction of sp³-hybridized carbons (Fsp3) is 0. The molecule has 0 nitrogen and oxygen atoms in total. The summed E-state index contributed by atoms with van der Waals surface area (Å²) in [5.41, 5.74) is 0. The lowest BCUT2D eigenvalue weighted by molar-refractivity contribution is 3.45. The van der Waals surface area contributed by atoms with Gasteiger partial charge in [0.1, 0.15) is 0 Å². The number of rotatable bonds is 5. The van der Waals surface area contributed by atoms with Gasteiger partial charge in [0.05, 0.1) is 0 Å². The lowest BCUT2D eigenvalue weighted by Gasteiger charge is -2.31. The maximum absolute atomic E-state index is 5.62. The Bertz CT molecular complexity index is 114. The average molecular weight is 143 g/mol. The molecule has 0 fully saturated rings. The van der Waals surface area contributed by atoms with Gasteiger partial charge in [0.2, 0.25) is 0 Å². The van der Waals surface area contributed by atoms with E-state index in [4.69, 9.17) is 38.7 Å².